The van der Waals surface area contributed by atoms with Crippen LogP contribution < -0.4 is 5.32 Å². The lowest BCUT2D eigenvalue weighted by atomic mass is 10.1. The molecular weight excluding hydrogens is 260 g/mol. The van der Waals surface area contributed by atoms with E-state index in [-0.39, 0.29) is 0 Å². The van der Waals surface area contributed by atoms with E-state index < -0.39 is 0 Å². The minimum absolute atomic E-state index is 0.691. The molecule has 1 N–H and O–H groups in total. The molecule has 3 nitrogen and oxygen atoms in total. The van der Waals surface area contributed by atoms with Crippen molar-refractivity contribution in [2.75, 3.05) is 32.8 Å². The third-order valence-electron chi connectivity index (χ3n) is 3.59. The van der Waals surface area contributed by atoms with Crippen LogP contribution in [0.2, 0.25) is 0 Å². The van der Waals surface area contributed by atoms with Crippen molar-refractivity contribution >= 4 is 0 Å². The second-order valence-corrected chi connectivity index (χ2v) is 5.92. The summed E-state index contributed by atoms with van der Waals surface area (Å²) >= 11 is 0. The normalized spacial score (nSPS) is 11.5. The minimum Gasteiger partial charge on any atom is -0.375 e. The average molecular weight is 292 g/mol. The van der Waals surface area contributed by atoms with E-state index in [4.69, 9.17) is 4.74 Å². The molecule has 0 aliphatic carbocycles. The van der Waals surface area contributed by atoms with Crippen molar-refractivity contribution in [3.8, 4) is 0 Å². The Balaban J connectivity index is 2.28. The molecule has 0 bridgehead atoms. The molecule has 120 valence electrons. The molecule has 0 aliphatic rings. The van der Waals surface area contributed by atoms with Gasteiger partial charge in [0, 0.05) is 13.1 Å². The predicted octanol–water partition coefficient (Wildman–Crippen LogP) is 3.29. The Morgan fingerprint density at radius 2 is 1.86 bits per heavy atom. The van der Waals surface area contributed by atoms with Crippen LogP contribution in [0.25, 0.3) is 0 Å². The van der Waals surface area contributed by atoms with E-state index in [1.54, 1.807) is 0 Å². The zero-order valence-corrected chi connectivity index (χ0v) is 14.2. The van der Waals surface area contributed by atoms with Crippen molar-refractivity contribution in [1.29, 1.82) is 0 Å². The quantitative estimate of drug-likeness (QED) is 0.633. The largest absolute Gasteiger partial charge is 0.375 e. The summed E-state index contributed by atoms with van der Waals surface area (Å²) in [4.78, 5) is 2.38. The topological polar surface area (TPSA) is 24.5 Å². The fourth-order valence-electron chi connectivity index (χ4n) is 2.26. The molecule has 1 aromatic carbocycles. The molecule has 0 aromatic heterocycles. The summed E-state index contributed by atoms with van der Waals surface area (Å²) in [7, 11) is 0. The second-order valence-electron chi connectivity index (χ2n) is 5.92. The average Bonchev–Trinajstić information content (AvgIpc) is 2.47. The van der Waals surface area contributed by atoms with E-state index in [1.165, 1.54) is 11.1 Å². The summed E-state index contributed by atoms with van der Waals surface area (Å²) in [5.74, 6) is 0.691. The van der Waals surface area contributed by atoms with Crippen molar-refractivity contribution in [1.82, 2.24) is 10.2 Å². The number of ether oxygens (including phenoxy) is 1. The predicted molar refractivity (Wildman–Crippen MR) is 90.4 cm³/mol. The minimum atomic E-state index is 0.691. The molecule has 0 unspecified atom stereocenters. The van der Waals surface area contributed by atoms with Gasteiger partial charge in [0.25, 0.3) is 0 Å². The van der Waals surface area contributed by atoms with Crippen LogP contribution in [-0.4, -0.2) is 37.7 Å². The summed E-state index contributed by atoms with van der Waals surface area (Å²) in [6.45, 7) is 15.6. The Labute approximate surface area is 130 Å². The lowest BCUT2D eigenvalue weighted by Gasteiger charge is -2.17. The van der Waals surface area contributed by atoms with Crippen LogP contribution >= 0.6 is 0 Å². The maximum atomic E-state index is 5.79. The van der Waals surface area contributed by atoms with E-state index in [9.17, 15) is 0 Å². The van der Waals surface area contributed by atoms with Gasteiger partial charge in [-0.3, -0.25) is 0 Å². The van der Waals surface area contributed by atoms with Gasteiger partial charge in [0.2, 0.25) is 0 Å². The Bertz CT molecular complexity index is 375. The molecule has 0 atom stereocenters. The number of benzene rings is 1. The molecule has 0 heterocycles. The molecular formula is C18H32N2O. The van der Waals surface area contributed by atoms with Gasteiger partial charge in [-0.15, -0.1) is 0 Å². The summed E-state index contributed by atoms with van der Waals surface area (Å²) in [5.41, 5.74) is 2.60. The van der Waals surface area contributed by atoms with Gasteiger partial charge in [-0.05, 0) is 36.7 Å². The Morgan fingerprint density at radius 3 is 2.52 bits per heavy atom. The monoisotopic (exact) mass is 292 g/mol. The van der Waals surface area contributed by atoms with Gasteiger partial charge in [-0.2, -0.15) is 0 Å². The van der Waals surface area contributed by atoms with Crippen molar-refractivity contribution in [2.24, 2.45) is 5.92 Å². The first-order chi connectivity index (χ1) is 10.2. The number of nitrogens with one attached hydrogen (secondary N) is 1. The third-order valence-corrected chi connectivity index (χ3v) is 3.59. The summed E-state index contributed by atoms with van der Waals surface area (Å²) in [6, 6.07) is 8.68. The molecule has 0 amide bonds. The van der Waals surface area contributed by atoms with Gasteiger partial charge in [0.1, 0.15) is 0 Å². The smallest absolute Gasteiger partial charge is 0.0717 e. The number of rotatable bonds is 11. The highest BCUT2D eigenvalue weighted by Crippen LogP contribution is 2.07. The van der Waals surface area contributed by atoms with Gasteiger partial charge in [-0.25, -0.2) is 0 Å². The van der Waals surface area contributed by atoms with E-state index in [0.29, 0.717) is 12.5 Å². The molecule has 3 heteroatoms. The standard InChI is InChI=1S/C18H32N2O/c1-5-20(6-2)10-11-21-15-18-9-7-8-17(12-18)14-19-13-16(3)4/h7-9,12,16,19H,5-6,10-11,13-15H2,1-4H3. The van der Waals surface area contributed by atoms with Crippen molar-refractivity contribution in [2.45, 2.75) is 40.8 Å². The molecule has 0 aliphatic heterocycles. The van der Waals surface area contributed by atoms with E-state index in [2.05, 4.69) is 62.2 Å². The van der Waals surface area contributed by atoms with E-state index >= 15 is 0 Å². The molecule has 0 spiro atoms. The highest BCUT2D eigenvalue weighted by molar-refractivity contribution is 5.22. The Kier molecular flexibility index (Phi) is 9.31. The van der Waals surface area contributed by atoms with Gasteiger partial charge in [-0.1, -0.05) is 52.0 Å². The van der Waals surface area contributed by atoms with Crippen LogP contribution in [0.4, 0.5) is 0 Å². The lowest BCUT2D eigenvalue weighted by molar-refractivity contribution is 0.0956. The Morgan fingerprint density at radius 1 is 1.14 bits per heavy atom. The van der Waals surface area contributed by atoms with Crippen molar-refractivity contribution < 1.29 is 4.74 Å². The first kappa shape index (κ1) is 18.1. The number of hydrogen-bond acceptors (Lipinski definition) is 3. The third kappa shape index (κ3) is 8.20. The first-order valence-electron chi connectivity index (χ1n) is 8.24. The first-order valence-corrected chi connectivity index (χ1v) is 8.24. The molecule has 0 saturated carbocycles. The van der Waals surface area contributed by atoms with Gasteiger partial charge in [0.05, 0.1) is 13.2 Å². The fourth-order valence-corrected chi connectivity index (χ4v) is 2.26. The lowest BCUT2D eigenvalue weighted by Crippen LogP contribution is -2.26. The van der Waals surface area contributed by atoms with Gasteiger partial charge in [0.15, 0.2) is 0 Å². The van der Waals surface area contributed by atoms with Crippen molar-refractivity contribution in [3.05, 3.63) is 35.4 Å². The van der Waals surface area contributed by atoms with Crippen LogP contribution in [0.5, 0.6) is 0 Å². The van der Waals surface area contributed by atoms with Gasteiger partial charge < -0.3 is 15.0 Å². The van der Waals surface area contributed by atoms with E-state index in [0.717, 1.165) is 39.3 Å². The van der Waals surface area contributed by atoms with Crippen LogP contribution in [0.3, 0.4) is 0 Å². The fraction of sp³-hybridized carbons (Fsp3) is 0.667. The molecule has 0 saturated heterocycles. The van der Waals surface area contributed by atoms with Gasteiger partial charge >= 0.3 is 0 Å². The Hall–Kier alpha value is -0.900. The molecule has 0 radical (unpaired) electrons. The van der Waals surface area contributed by atoms with Crippen LogP contribution in [0, 0.1) is 5.92 Å². The number of hydrogen-bond donors (Lipinski definition) is 1. The summed E-state index contributed by atoms with van der Waals surface area (Å²) in [5, 5.41) is 3.48. The zero-order chi connectivity index (χ0) is 15.5. The zero-order valence-electron chi connectivity index (χ0n) is 14.2. The van der Waals surface area contributed by atoms with Crippen molar-refractivity contribution in [3.63, 3.8) is 0 Å². The summed E-state index contributed by atoms with van der Waals surface area (Å²) in [6.07, 6.45) is 0. The van der Waals surface area contributed by atoms with E-state index in [1.807, 2.05) is 0 Å². The molecule has 1 aromatic rings. The second kappa shape index (κ2) is 10.8. The van der Waals surface area contributed by atoms with Crippen LogP contribution in [0.1, 0.15) is 38.8 Å². The number of nitrogens with zero attached hydrogens (tertiary/aromatic N) is 1. The molecule has 21 heavy (non-hydrogen) atoms. The maximum absolute atomic E-state index is 5.79. The number of likely N-dealkylation sites (N-methyl/N-ethyl adjacent to an activating group) is 1. The highest BCUT2D eigenvalue weighted by atomic mass is 16.5. The molecule has 1 rings (SSSR count). The summed E-state index contributed by atoms with van der Waals surface area (Å²) < 4.78 is 5.79. The SMILES string of the molecule is CCN(CC)CCOCc1cccc(CNCC(C)C)c1. The molecule has 0 fully saturated rings. The highest BCUT2D eigenvalue weighted by Gasteiger charge is 2.00. The maximum Gasteiger partial charge on any atom is 0.0717 e. The van der Waals surface area contributed by atoms with Crippen LogP contribution in [-0.2, 0) is 17.9 Å². The van der Waals surface area contributed by atoms with Crippen LogP contribution in [0.15, 0.2) is 24.3 Å².